The first kappa shape index (κ1) is 17.0. The van der Waals surface area contributed by atoms with Gasteiger partial charge in [0.2, 0.25) is 0 Å². The van der Waals surface area contributed by atoms with E-state index in [0.29, 0.717) is 11.1 Å². The summed E-state index contributed by atoms with van der Waals surface area (Å²) in [6, 6.07) is 20.7. The maximum Gasteiger partial charge on any atom is 0.194 e. The fourth-order valence-corrected chi connectivity index (χ4v) is 3.17. The number of nitriles is 3. The highest BCUT2D eigenvalue weighted by atomic mass is 19.1. The van der Waals surface area contributed by atoms with Crippen LogP contribution in [-0.2, 0) is 0 Å². The van der Waals surface area contributed by atoms with Crippen molar-refractivity contribution >= 4 is 5.57 Å². The van der Waals surface area contributed by atoms with E-state index in [1.807, 2.05) is 24.3 Å². The van der Waals surface area contributed by atoms with Crippen molar-refractivity contribution in [1.82, 2.24) is 0 Å². The first-order valence-corrected chi connectivity index (χ1v) is 7.83. The zero-order valence-electron chi connectivity index (χ0n) is 13.6. The number of rotatable bonds is 2. The van der Waals surface area contributed by atoms with Gasteiger partial charge in [-0.05, 0) is 28.8 Å². The summed E-state index contributed by atoms with van der Waals surface area (Å²) < 4.78 is 13.3. The number of allylic oxidation sites excluding steroid dienone is 4. The number of halogens is 1. The second-order valence-corrected chi connectivity index (χ2v) is 5.91. The van der Waals surface area contributed by atoms with E-state index in [4.69, 9.17) is 5.73 Å². The SMILES string of the molecule is N#CC1=C(N)C(C#N)(C#N)C(c2ccccc2)C=C1c1ccc(F)cc1. The van der Waals surface area contributed by atoms with Gasteiger partial charge in [-0.1, -0.05) is 48.5 Å². The molecule has 0 amide bonds. The van der Waals surface area contributed by atoms with E-state index >= 15 is 0 Å². The lowest BCUT2D eigenvalue weighted by Gasteiger charge is -2.33. The van der Waals surface area contributed by atoms with Crippen molar-refractivity contribution in [2.24, 2.45) is 11.1 Å². The highest BCUT2D eigenvalue weighted by molar-refractivity contribution is 5.87. The highest BCUT2D eigenvalue weighted by Crippen LogP contribution is 2.48. The Morgan fingerprint density at radius 3 is 2.08 bits per heavy atom. The molecule has 1 atom stereocenters. The molecule has 0 bridgehead atoms. The number of hydrogen-bond donors (Lipinski definition) is 1. The zero-order chi connectivity index (χ0) is 18.7. The molecular formula is C21H13FN4. The Balaban J connectivity index is 2.30. The van der Waals surface area contributed by atoms with E-state index < -0.39 is 17.2 Å². The summed E-state index contributed by atoms with van der Waals surface area (Å²) >= 11 is 0. The highest BCUT2D eigenvalue weighted by Gasteiger charge is 2.47. The third-order valence-electron chi connectivity index (χ3n) is 4.54. The minimum Gasteiger partial charge on any atom is -0.399 e. The van der Waals surface area contributed by atoms with Crippen molar-refractivity contribution in [3.8, 4) is 18.2 Å². The summed E-state index contributed by atoms with van der Waals surface area (Å²) in [6.07, 6.45) is 1.70. The van der Waals surface area contributed by atoms with Crippen LogP contribution in [0.4, 0.5) is 4.39 Å². The molecule has 1 unspecified atom stereocenters. The Morgan fingerprint density at radius 2 is 1.54 bits per heavy atom. The average molecular weight is 340 g/mol. The molecule has 2 aromatic rings. The lowest BCUT2D eigenvalue weighted by Crippen LogP contribution is -2.35. The second kappa shape index (κ2) is 6.55. The molecule has 1 aliphatic rings. The van der Waals surface area contributed by atoms with Crippen molar-refractivity contribution in [2.45, 2.75) is 5.92 Å². The molecule has 2 aromatic carbocycles. The Bertz CT molecular complexity index is 1010. The van der Waals surface area contributed by atoms with Gasteiger partial charge in [0.15, 0.2) is 5.41 Å². The van der Waals surface area contributed by atoms with Crippen molar-refractivity contribution in [3.63, 3.8) is 0 Å². The Morgan fingerprint density at radius 1 is 0.923 bits per heavy atom. The van der Waals surface area contributed by atoms with Gasteiger partial charge in [-0.15, -0.1) is 0 Å². The van der Waals surface area contributed by atoms with E-state index in [9.17, 15) is 20.2 Å². The van der Waals surface area contributed by atoms with Gasteiger partial charge in [0.1, 0.15) is 11.9 Å². The van der Waals surface area contributed by atoms with Crippen LogP contribution in [0.1, 0.15) is 17.0 Å². The van der Waals surface area contributed by atoms with E-state index in [1.54, 1.807) is 42.5 Å². The van der Waals surface area contributed by atoms with Crippen molar-refractivity contribution in [1.29, 1.82) is 15.8 Å². The first-order valence-electron chi connectivity index (χ1n) is 7.83. The van der Waals surface area contributed by atoms with Crippen LogP contribution in [0.15, 0.2) is 71.9 Å². The maximum absolute atomic E-state index is 13.3. The van der Waals surface area contributed by atoms with Crippen LogP contribution in [0, 0.1) is 45.2 Å². The molecule has 0 aliphatic heterocycles. The molecular weight excluding hydrogens is 327 g/mol. The first-order chi connectivity index (χ1) is 12.6. The molecule has 2 N–H and O–H groups in total. The van der Waals surface area contributed by atoms with Gasteiger partial charge in [0.05, 0.1) is 23.4 Å². The standard InChI is InChI=1S/C21H13FN4/c22-16-8-6-14(7-9-16)17-10-19(15-4-2-1-3-5-15)21(12-24,13-25)20(26)18(17)11-23/h1-10,19H,26H2. The van der Waals surface area contributed by atoms with Crippen LogP contribution >= 0.6 is 0 Å². The van der Waals surface area contributed by atoms with E-state index in [0.717, 1.165) is 5.56 Å². The molecule has 26 heavy (non-hydrogen) atoms. The van der Waals surface area contributed by atoms with Gasteiger partial charge in [0, 0.05) is 5.92 Å². The summed E-state index contributed by atoms with van der Waals surface area (Å²) in [7, 11) is 0. The molecule has 3 rings (SSSR count). The fraction of sp³-hybridized carbons (Fsp3) is 0.0952. The minimum absolute atomic E-state index is 0.0619. The summed E-state index contributed by atoms with van der Waals surface area (Å²) in [4.78, 5) is 0. The van der Waals surface area contributed by atoms with Gasteiger partial charge in [0.25, 0.3) is 0 Å². The molecule has 0 saturated carbocycles. The monoisotopic (exact) mass is 340 g/mol. The molecule has 0 aromatic heterocycles. The molecule has 4 nitrogen and oxygen atoms in total. The summed E-state index contributed by atoms with van der Waals surface area (Å²) in [5.41, 5.74) is 6.28. The molecule has 0 spiro atoms. The summed E-state index contributed by atoms with van der Waals surface area (Å²) in [5, 5.41) is 29.2. The van der Waals surface area contributed by atoms with E-state index in [1.165, 1.54) is 12.1 Å². The molecule has 124 valence electrons. The quantitative estimate of drug-likeness (QED) is 0.899. The minimum atomic E-state index is -1.68. The van der Waals surface area contributed by atoms with Crippen molar-refractivity contribution in [3.05, 3.63) is 88.9 Å². The zero-order valence-corrected chi connectivity index (χ0v) is 13.6. The summed E-state index contributed by atoms with van der Waals surface area (Å²) in [5.74, 6) is -1.06. The van der Waals surface area contributed by atoms with Crippen LogP contribution in [-0.4, -0.2) is 0 Å². The number of benzene rings is 2. The largest absolute Gasteiger partial charge is 0.399 e. The Hall–Kier alpha value is -3.88. The van der Waals surface area contributed by atoms with E-state index in [2.05, 4.69) is 0 Å². The van der Waals surface area contributed by atoms with Gasteiger partial charge in [-0.3, -0.25) is 0 Å². The van der Waals surface area contributed by atoms with Crippen LogP contribution in [0.25, 0.3) is 5.57 Å². The van der Waals surface area contributed by atoms with Gasteiger partial charge < -0.3 is 5.73 Å². The maximum atomic E-state index is 13.3. The third kappa shape index (κ3) is 2.51. The molecule has 0 fully saturated rings. The molecule has 0 radical (unpaired) electrons. The molecule has 0 heterocycles. The lowest BCUT2D eigenvalue weighted by molar-refractivity contribution is 0.534. The number of nitrogens with zero attached hydrogens (tertiary/aromatic N) is 3. The lowest BCUT2D eigenvalue weighted by atomic mass is 9.66. The van der Waals surface area contributed by atoms with Gasteiger partial charge >= 0.3 is 0 Å². The fourth-order valence-electron chi connectivity index (χ4n) is 3.17. The normalized spacial score (nSPS) is 18.2. The van der Waals surface area contributed by atoms with E-state index in [-0.39, 0.29) is 11.3 Å². The second-order valence-electron chi connectivity index (χ2n) is 5.91. The Labute approximate surface area is 150 Å². The average Bonchev–Trinajstić information content (AvgIpc) is 2.69. The van der Waals surface area contributed by atoms with Gasteiger partial charge in [-0.25, -0.2) is 4.39 Å². The van der Waals surface area contributed by atoms with Crippen molar-refractivity contribution < 1.29 is 4.39 Å². The van der Waals surface area contributed by atoms with Crippen LogP contribution < -0.4 is 5.73 Å². The smallest absolute Gasteiger partial charge is 0.194 e. The molecule has 5 heteroatoms. The summed E-state index contributed by atoms with van der Waals surface area (Å²) in [6.45, 7) is 0. The predicted molar refractivity (Wildman–Crippen MR) is 94.0 cm³/mol. The van der Waals surface area contributed by atoms with Crippen LogP contribution in [0.2, 0.25) is 0 Å². The van der Waals surface area contributed by atoms with Crippen molar-refractivity contribution in [2.75, 3.05) is 0 Å². The number of hydrogen-bond acceptors (Lipinski definition) is 4. The predicted octanol–water partition coefficient (Wildman–Crippen LogP) is 3.78. The third-order valence-corrected chi connectivity index (χ3v) is 4.54. The molecule has 0 saturated heterocycles. The topological polar surface area (TPSA) is 97.4 Å². The molecule has 1 aliphatic carbocycles. The number of nitrogens with two attached hydrogens (primary N) is 1. The Kier molecular flexibility index (Phi) is 4.27. The van der Waals surface area contributed by atoms with Crippen LogP contribution in [0.5, 0.6) is 0 Å². The van der Waals surface area contributed by atoms with Crippen LogP contribution in [0.3, 0.4) is 0 Å². The van der Waals surface area contributed by atoms with Gasteiger partial charge in [-0.2, -0.15) is 15.8 Å².